The molecule has 0 amide bonds. The molecule has 1 aliphatic heterocycles. The third-order valence-electron chi connectivity index (χ3n) is 6.71. The van der Waals surface area contributed by atoms with Gasteiger partial charge in [0.25, 0.3) is 0 Å². The van der Waals surface area contributed by atoms with E-state index in [1.807, 2.05) is 30.6 Å². The summed E-state index contributed by atoms with van der Waals surface area (Å²) in [6.45, 7) is 4.20. The van der Waals surface area contributed by atoms with Crippen molar-refractivity contribution in [3.05, 3.63) is 36.7 Å². The Morgan fingerprint density at radius 1 is 0.938 bits per heavy atom. The molecule has 1 aliphatic carbocycles. The van der Waals surface area contributed by atoms with Gasteiger partial charge in [0.15, 0.2) is 0 Å². The molecule has 1 N–H and O–H groups in total. The molecule has 0 bridgehead atoms. The minimum absolute atomic E-state index is 0.403. The van der Waals surface area contributed by atoms with E-state index in [0.717, 1.165) is 72.5 Å². The summed E-state index contributed by atoms with van der Waals surface area (Å²) in [5.41, 5.74) is 3.91. The van der Waals surface area contributed by atoms with Gasteiger partial charge in [0.05, 0.1) is 17.9 Å². The average molecular weight is 430 g/mol. The van der Waals surface area contributed by atoms with E-state index in [0.29, 0.717) is 12.0 Å². The van der Waals surface area contributed by atoms with Gasteiger partial charge in [-0.1, -0.05) is 18.1 Å². The lowest BCUT2D eigenvalue weighted by molar-refractivity contribution is 0.313. The molecule has 164 valence electrons. The van der Waals surface area contributed by atoms with Crippen molar-refractivity contribution >= 4 is 39.4 Å². The Kier molecular flexibility index (Phi) is 4.83. The minimum atomic E-state index is 0.403. The van der Waals surface area contributed by atoms with Crippen LogP contribution in [0, 0.1) is 0 Å². The Morgan fingerprint density at radius 2 is 1.78 bits per heavy atom. The zero-order chi connectivity index (χ0) is 21.5. The number of benzene rings is 1. The summed E-state index contributed by atoms with van der Waals surface area (Å²) in [6, 6.07) is 8.52. The fourth-order valence-electron chi connectivity index (χ4n) is 4.81. The van der Waals surface area contributed by atoms with Gasteiger partial charge >= 0.3 is 0 Å². The predicted octanol–water partition coefficient (Wildman–Crippen LogP) is 3.38. The topological polar surface area (TPSA) is 87.9 Å². The van der Waals surface area contributed by atoms with Crippen molar-refractivity contribution in [3.63, 3.8) is 0 Å². The van der Waals surface area contributed by atoms with Crippen LogP contribution < -0.4 is 10.2 Å². The van der Waals surface area contributed by atoms with Gasteiger partial charge in [0, 0.05) is 37.8 Å². The van der Waals surface area contributed by atoms with Crippen molar-refractivity contribution in [3.8, 4) is 0 Å². The molecule has 4 heterocycles. The number of rotatable bonds is 4. The molecule has 9 heteroatoms. The zero-order valence-electron chi connectivity index (χ0n) is 18.3. The second kappa shape index (κ2) is 7.98. The van der Waals surface area contributed by atoms with Gasteiger partial charge in [0.2, 0.25) is 5.95 Å². The van der Waals surface area contributed by atoms with Gasteiger partial charge in [0.1, 0.15) is 22.4 Å². The molecule has 0 atom stereocenters. The highest BCUT2D eigenvalue weighted by Crippen LogP contribution is 2.33. The van der Waals surface area contributed by atoms with E-state index in [4.69, 9.17) is 4.98 Å². The van der Waals surface area contributed by atoms with Crippen LogP contribution in [-0.2, 0) is 0 Å². The number of fused-ring (bicyclic) bond motifs is 3. The molecule has 1 saturated heterocycles. The van der Waals surface area contributed by atoms with Crippen LogP contribution in [0.25, 0.3) is 21.9 Å². The average Bonchev–Trinajstić information content (AvgIpc) is 3.50. The van der Waals surface area contributed by atoms with Crippen LogP contribution in [0.2, 0.25) is 0 Å². The van der Waals surface area contributed by atoms with Crippen molar-refractivity contribution < 1.29 is 0 Å². The quantitative estimate of drug-likeness (QED) is 0.528. The van der Waals surface area contributed by atoms with Gasteiger partial charge < -0.3 is 15.1 Å². The maximum Gasteiger partial charge on any atom is 0.228 e. The van der Waals surface area contributed by atoms with Crippen LogP contribution in [0.15, 0.2) is 36.7 Å². The molecule has 1 aromatic carbocycles. The minimum Gasteiger partial charge on any atom is -0.368 e. The highest BCUT2D eigenvalue weighted by Gasteiger charge is 2.22. The van der Waals surface area contributed by atoms with Crippen LogP contribution in [-0.4, -0.2) is 68.1 Å². The number of pyridine rings is 1. The number of hydrogen-bond donors (Lipinski definition) is 1. The SMILES string of the molecule is CN1CCN(c2ccc(Nc3ncc4ccc5nnn(C6CCCC6)c5c4n3)nc2)CC1. The Labute approximate surface area is 186 Å². The Bertz CT molecular complexity index is 1240. The molecule has 0 radical (unpaired) electrons. The molecule has 2 fully saturated rings. The maximum atomic E-state index is 4.84. The Balaban J connectivity index is 1.29. The first-order valence-corrected chi connectivity index (χ1v) is 11.4. The first-order valence-electron chi connectivity index (χ1n) is 11.4. The smallest absolute Gasteiger partial charge is 0.228 e. The van der Waals surface area contributed by atoms with E-state index >= 15 is 0 Å². The molecule has 2 aliphatic rings. The van der Waals surface area contributed by atoms with Crippen LogP contribution in [0.3, 0.4) is 0 Å². The third-order valence-corrected chi connectivity index (χ3v) is 6.71. The molecular formula is C23H27N9. The number of nitrogens with one attached hydrogen (secondary N) is 1. The van der Waals surface area contributed by atoms with Crippen LogP contribution in [0.5, 0.6) is 0 Å². The molecule has 9 nitrogen and oxygen atoms in total. The fraction of sp³-hybridized carbons (Fsp3) is 0.435. The van der Waals surface area contributed by atoms with Gasteiger partial charge in [-0.3, -0.25) is 0 Å². The summed E-state index contributed by atoms with van der Waals surface area (Å²) in [5.74, 6) is 1.26. The monoisotopic (exact) mass is 429 g/mol. The summed E-state index contributed by atoms with van der Waals surface area (Å²) in [7, 11) is 2.16. The first kappa shape index (κ1) is 19.4. The number of piperazine rings is 1. The summed E-state index contributed by atoms with van der Waals surface area (Å²) < 4.78 is 2.07. The van der Waals surface area contributed by atoms with Crippen LogP contribution >= 0.6 is 0 Å². The first-order chi connectivity index (χ1) is 15.7. The van der Waals surface area contributed by atoms with Crippen molar-refractivity contribution in [1.29, 1.82) is 0 Å². The molecule has 3 aromatic heterocycles. The van der Waals surface area contributed by atoms with Crippen molar-refractivity contribution in [1.82, 2.24) is 34.8 Å². The van der Waals surface area contributed by atoms with E-state index in [9.17, 15) is 0 Å². The maximum absolute atomic E-state index is 4.84. The van der Waals surface area contributed by atoms with Crippen molar-refractivity contribution in [2.45, 2.75) is 31.7 Å². The predicted molar refractivity (Wildman–Crippen MR) is 125 cm³/mol. The third kappa shape index (κ3) is 3.52. The molecule has 4 aromatic rings. The lowest BCUT2D eigenvalue weighted by Crippen LogP contribution is -2.44. The number of hydrogen-bond acceptors (Lipinski definition) is 8. The highest BCUT2D eigenvalue weighted by molar-refractivity contribution is 6.01. The van der Waals surface area contributed by atoms with Crippen LogP contribution in [0.4, 0.5) is 17.5 Å². The van der Waals surface area contributed by atoms with Crippen molar-refractivity contribution in [2.24, 2.45) is 0 Å². The molecular weight excluding hydrogens is 402 g/mol. The molecule has 0 spiro atoms. The summed E-state index contributed by atoms with van der Waals surface area (Å²) in [5, 5.41) is 13.1. The van der Waals surface area contributed by atoms with E-state index < -0.39 is 0 Å². The highest BCUT2D eigenvalue weighted by atomic mass is 15.4. The van der Waals surface area contributed by atoms with Gasteiger partial charge in [-0.2, -0.15) is 0 Å². The number of aromatic nitrogens is 6. The van der Waals surface area contributed by atoms with E-state index in [-0.39, 0.29) is 0 Å². The van der Waals surface area contributed by atoms with Gasteiger partial charge in [-0.25, -0.2) is 19.6 Å². The Morgan fingerprint density at radius 3 is 2.56 bits per heavy atom. The van der Waals surface area contributed by atoms with Crippen LogP contribution in [0.1, 0.15) is 31.7 Å². The lowest BCUT2D eigenvalue weighted by Gasteiger charge is -2.33. The van der Waals surface area contributed by atoms with Gasteiger partial charge in [-0.15, -0.1) is 5.10 Å². The van der Waals surface area contributed by atoms with E-state index in [1.54, 1.807) is 0 Å². The standard InChI is InChI=1S/C23H27N9/c1-30-10-12-31(13-11-30)18-7-9-20(24-15-18)26-23-25-14-16-6-8-19-22(21(16)27-23)32(29-28-19)17-4-2-3-5-17/h6-9,14-15,17H,2-5,10-13H2,1H3,(H,24,25,26,27). The van der Waals surface area contributed by atoms with Gasteiger partial charge in [-0.05, 0) is 44.2 Å². The second-order valence-corrected chi connectivity index (χ2v) is 8.85. The zero-order valence-corrected chi connectivity index (χ0v) is 18.3. The second-order valence-electron chi connectivity index (χ2n) is 8.85. The summed E-state index contributed by atoms with van der Waals surface area (Å²) in [4.78, 5) is 18.7. The molecule has 0 unspecified atom stereocenters. The van der Waals surface area contributed by atoms with E-state index in [1.165, 1.54) is 12.8 Å². The van der Waals surface area contributed by atoms with E-state index in [2.05, 4.69) is 53.2 Å². The summed E-state index contributed by atoms with van der Waals surface area (Å²) in [6.07, 6.45) is 8.56. The number of likely N-dealkylation sites (N-methyl/N-ethyl adjacent to an activating group) is 1. The Hall–Kier alpha value is -3.33. The lowest BCUT2D eigenvalue weighted by atomic mass is 10.2. The fourth-order valence-corrected chi connectivity index (χ4v) is 4.81. The molecule has 32 heavy (non-hydrogen) atoms. The number of nitrogens with zero attached hydrogens (tertiary/aromatic N) is 8. The number of anilines is 3. The molecule has 6 rings (SSSR count). The van der Waals surface area contributed by atoms with Crippen molar-refractivity contribution in [2.75, 3.05) is 43.4 Å². The molecule has 1 saturated carbocycles. The largest absolute Gasteiger partial charge is 0.368 e. The normalized spacial score (nSPS) is 18.1. The summed E-state index contributed by atoms with van der Waals surface area (Å²) >= 11 is 0.